The third kappa shape index (κ3) is 6.68. The summed E-state index contributed by atoms with van der Waals surface area (Å²) in [6.07, 6.45) is 6.78. The van der Waals surface area contributed by atoms with Crippen molar-refractivity contribution >= 4 is 30.7 Å². The molecule has 2 rings (SSSR count). The number of carbonyl (C=O) groups is 1. The maximum atomic E-state index is 12.6. The van der Waals surface area contributed by atoms with Crippen LogP contribution in [0, 0.1) is 5.41 Å². The number of piperidine rings is 2. The number of likely N-dealkylation sites (tertiary alicyclic amines) is 1. The molecule has 2 N–H and O–H groups in total. The van der Waals surface area contributed by atoms with Gasteiger partial charge in [0, 0.05) is 26.2 Å². The summed E-state index contributed by atoms with van der Waals surface area (Å²) in [6, 6.07) is 0.703. The lowest BCUT2D eigenvalue weighted by atomic mass is 9.78. The number of halogens is 2. The van der Waals surface area contributed by atoms with Crippen LogP contribution in [-0.2, 0) is 9.53 Å². The fraction of sp³-hybridized carbons (Fsp3) is 0.941. The van der Waals surface area contributed by atoms with Crippen LogP contribution >= 0.6 is 24.8 Å². The quantitative estimate of drug-likeness (QED) is 0.661. The van der Waals surface area contributed by atoms with Crippen LogP contribution < -0.4 is 10.6 Å². The molecule has 0 aliphatic carbocycles. The molecule has 0 radical (unpaired) electrons. The highest BCUT2D eigenvalue weighted by Crippen LogP contribution is 2.29. The van der Waals surface area contributed by atoms with Gasteiger partial charge in [0.05, 0.1) is 12.0 Å². The predicted octanol–water partition coefficient (Wildman–Crippen LogP) is 2.23. The maximum absolute atomic E-state index is 12.6. The second-order valence-electron chi connectivity index (χ2n) is 6.95. The summed E-state index contributed by atoms with van der Waals surface area (Å²) in [4.78, 5) is 15.2. The van der Waals surface area contributed by atoms with Gasteiger partial charge in [-0.15, -0.1) is 24.8 Å². The minimum Gasteiger partial charge on any atom is -0.384 e. The van der Waals surface area contributed by atoms with Crippen molar-refractivity contribution in [3.05, 3.63) is 0 Å². The fourth-order valence-corrected chi connectivity index (χ4v) is 3.78. The molecule has 2 fully saturated rings. The van der Waals surface area contributed by atoms with Gasteiger partial charge in [0.1, 0.15) is 0 Å². The van der Waals surface area contributed by atoms with Gasteiger partial charge in [0.15, 0.2) is 0 Å². The predicted molar refractivity (Wildman–Crippen MR) is 103 cm³/mol. The number of hydrogen-bond donors (Lipinski definition) is 2. The monoisotopic (exact) mass is 383 g/mol. The average molecular weight is 384 g/mol. The van der Waals surface area contributed by atoms with E-state index in [1.807, 2.05) is 0 Å². The Bertz CT molecular complexity index is 347. The molecule has 5 nitrogen and oxygen atoms in total. The number of amides is 1. The van der Waals surface area contributed by atoms with Crippen LogP contribution in [0.1, 0.15) is 45.4 Å². The van der Waals surface area contributed by atoms with Gasteiger partial charge in [0.2, 0.25) is 5.91 Å². The molecule has 2 heterocycles. The summed E-state index contributed by atoms with van der Waals surface area (Å²) in [5.74, 6) is 0.183. The van der Waals surface area contributed by atoms with Crippen LogP contribution in [0.2, 0.25) is 0 Å². The minimum atomic E-state index is -0.321. The summed E-state index contributed by atoms with van der Waals surface area (Å²) >= 11 is 0. The molecular formula is C17H35Cl2N3O2. The first-order valence-electron chi connectivity index (χ1n) is 8.90. The second kappa shape index (κ2) is 12.3. The van der Waals surface area contributed by atoms with Crippen molar-refractivity contribution in [2.24, 2.45) is 5.41 Å². The van der Waals surface area contributed by atoms with E-state index < -0.39 is 0 Å². The molecular weight excluding hydrogens is 349 g/mol. The lowest BCUT2D eigenvalue weighted by Crippen LogP contribution is -2.50. The first-order valence-corrected chi connectivity index (χ1v) is 8.90. The molecule has 24 heavy (non-hydrogen) atoms. The van der Waals surface area contributed by atoms with Crippen LogP contribution in [-0.4, -0.2) is 63.3 Å². The summed E-state index contributed by atoms with van der Waals surface area (Å²) in [5.41, 5.74) is -0.321. The summed E-state index contributed by atoms with van der Waals surface area (Å²) < 4.78 is 5.32. The highest BCUT2D eigenvalue weighted by Gasteiger charge is 2.39. The highest BCUT2D eigenvalue weighted by atomic mass is 35.5. The smallest absolute Gasteiger partial charge is 0.228 e. The van der Waals surface area contributed by atoms with Crippen LogP contribution in [0.25, 0.3) is 0 Å². The number of carbonyl (C=O) groups excluding carboxylic acids is 1. The van der Waals surface area contributed by atoms with Gasteiger partial charge in [-0.05, 0) is 58.7 Å². The Morgan fingerprint density at radius 2 is 2.00 bits per heavy atom. The van der Waals surface area contributed by atoms with Crippen molar-refractivity contribution in [2.45, 2.75) is 51.5 Å². The first kappa shape index (κ1) is 23.9. The Morgan fingerprint density at radius 1 is 1.29 bits per heavy atom. The zero-order valence-electron chi connectivity index (χ0n) is 15.1. The molecule has 0 spiro atoms. The van der Waals surface area contributed by atoms with Crippen molar-refractivity contribution in [1.29, 1.82) is 0 Å². The molecule has 2 aliphatic heterocycles. The standard InChI is InChI=1S/C17H33N3O2.2ClH/c1-15-6-3-4-12-20(15)13-5-9-19-16(21)17(14-22-2)7-10-18-11-8-17;;/h15,18H,3-14H2,1-2H3,(H,19,21);2*1H. The molecule has 0 aromatic rings. The van der Waals surface area contributed by atoms with Crippen molar-refractivity contribution in [1.82, 2.24) is 15.5 Å². The highest BCUT2D eigenvalue weighted by molar-refractivity contribution is 5.85. The van der Waals surface area contributed by atoms with E-state index >= 15 is 0 Å². The van der Waals surface area contributed by atoms with Gasteiger partial charge >= 0.3 is 0 Å². The van der Waals surface area contributed by atoms with Gasteiger partial charge in [-0.2, -0.15) is 0 Å². The molecule has 1 unspecified atom stereocenters. The molecule has 0 aromatic heterocycles. The van der Waals surface area contributed by atoms with E-state index in [9.17, 15) is 4.79 Å². The molecule has 144 valence electrons. The fourth-order valence-electron chi connectivity index (χ4n) is 3.78. The number of methoxy groups -OCH3 is 1. The van der Waals surface area contributed by atoms with Crippen LogP contribution in [0.4, 0.5) is 0 Å². The number of ether oxygens (including phenoxy) is 1. The minimum absolute atomic E-state index is 0. The van der Waals surface area contributed by atoms with Gasteiger partial charge in [-0.25, -0.2) is 0 Å². The van der Waals surface area contributed by atoms with Crippen LogP contribution in [0.5, 0.6) is 0 Å². The van der Waals surface area contributed by atoms with E-state index in [-0.39, 0.29) is 36.1 Å². The van der Waals surface area contributed by atoms with Crippen LogP contribution in [0.15, 0.2) is 0 Å². The molecule has 1 amide bonds. The zero-order chi connectivity index (χ0) is 15.8. The number of hydrogen-bond acceptors (Lipinski definition) is 4. The van der Waals surface area contributed by atoms with E-state index in [1.165, 1.54) is 25.8 Å². The normalized spacial score (nSPS) is 23.7. The average Bonchev–Trinajstić information content (AvgIpc) is 2.54. The Hall–Kier alpha value is -0.0700. The van der Waals surface area contributed by atoms with E-state index in [0.717, 1.165) is 45.4 Å². The van der Waals surface area contributed by atoms with E-state index in [2.05, 4.69) is 22.5 Å². The van der Waals surface area contributed by atoms with Crippen molar-refractivity contribution in [2.75, 3.05) is 46.4 Å². The maximum Gasteiger partial charge on any atom is 0.228 e. The van der Waals surface area contributed by atoms with Crippen LogP contribution in [0.3, 0.4) is 0 Å². The molecule has 1 atom stereocenters. The Kier molecular flexibility index (Phi) is 12.3. The Morgan fingerprint density at radius 3 is 2.62 bits per heavy atom. The van der Waals surface area contributed by atoms with Gasteiger partial charge < -0.3 is 20.3 Å². The van der Waals surface area contributed by atoms with Crippen molar-refractivity contribution < 1.29 is 9.53 Å². The molecule has 2 saturated heterocycles. The van der Waals surface area contributed by atoms with E-state index in [0.29, 0.717) is 12.6 Å². The van der Waals surface area contributed by atoms with E-state index in [1.54, 1.807) is 7.11 Å². The number of nitrogens with one attached hydrogen (secondary N) is 2. The SMILES string of the molecule is COCC1(C(=O)NCCCN2CCCCC2C)CCNCC1.Cl.Cl. The largest absolute Gasteiger partial charge is 0.384 e. The number of rotatable bonds is 7. The molecule has 2 aliphatic rings. The lowest BCUT2D eigenvalue weighted by Gasteiger charge is -2.36. The van der Waals surface area contributed by atoms with Crippen molar-refractivity contribution in [3.63, 3.8) is 0 Å². The Balaban J connectivity index is 0.00000264. The molecule has 0 saturated carbocycles. The zero-order valence-corrected chi connectivity index (χ0v) is 16.8. The lowest BCUT2D eigenvalue weighted by molar-refractivity contribution is -0.136. The molecule has 0 bridgehead atoms. The first-order chi connectivity index (χ1) is 10.7. The Labute approximate surface area is 159 Å². The number of nitrogens with zero attached hydrogens (tertiary/aromatic N) is 1. The topological polar surface area (TPSA) is 53.6 Å². The third-order valence-electron chi connectivity index (χ3n) is 5.31. The second-order valence-corrected chi connectivity index (χ2v) is 6.95. The molecule has 0 aromatic carbocycles. The summed E-state index contributed by atoms with van der Waals surface area (Å²) in [7, 11) is 1.69. The third-order valence-corrected chi connectivity index (χ3v) is 5.31. The molecule has 7 heteroatoms. The van der Waals surface area contributed by atoms with Gasteiger partial charge in [0.25, 0.3) is 0 Å². The van der Waals surface area contributed by atoms with E-state index in [4.69, 9.17) is 4.74 Å². The summed E-state index contributed by atoms with van der Waals surface area (Å²) in [5, 5.41) is 6.48. The van der Waals surface area contributed by atoms with Gasteiger partial charge in [-0.3, -0.25) is 4.79 Å². The van der Waals surface area contributed by atoms with Gasteiger partial charge in [-0.1, -0.05) is 6.42 Å². The van der Waals surface area contributed by atoms with Crippen molar-refractivity contribution in [3.8, 4) is 0 Å². The summed E-state index contributed by atoms with van der Waals surface area (Å²) in [6.45, 7) is 7.75.